The van der Waals surface area contributed by atoms with E-state index in [1.807, 2.05) is 0 Å². The lowest BCUT2D eigenvalue weighted by molar-refractivity contribution is 0.100. The number of rotatable bonds is 5. The van der Waals surface area contributed by atoms with Gasteiger partial charge in [0.05, 0.1) is 11.6 Å². The Morgan fingerprint density at radius 3 is 2.80 bits per heavy atom. The average molecular weight is 230 g/mol. The number of aliphatic hydroxyl groups is 1. The molecule has 0 bridgehead atoms. The number of primary amides is 1. The SMILES string of the molecule is NC(=O)c1ccc(OCCCO)c(Cl)c1. The Kier molecular flexibility index (Phi) is 4.39. The topological polar surface area (TPSA) is 72.6 Å². The van der Waals surface area contributed by atoms with Gasteiger partial charge in [0.25, 0.3) is 0 Å². The van der Waals surface area contributed by atoms with Crippen molar-refractivity contribution in [2.24, 2.45) is 5.73 Å². The molecule has 0 aliphatic rings. The quantitative estimate of drug-likeness (QED) is 0.746. The predicted molar refractivity (Wildman–Crippen MR) is 57.2 cm³/mol. The van der Waals surface area contributed by atoms with Crippen LogP contribution in [-0.2, 0) is 0 Å². The van der Waals surface area contributed by atoms with Crippen LogP contribution in [0.1, 0.15) is 16.8 Å². The Balaban J connectivity index is 2.70. The van der Waals surface area contributed by atoms with Crippen LogP contribution in [-0.4, -0.2) is 24.2 Å². The van der Waals surface area contributed by atoms with Crippen molar-refractivity contribution in [1.82, 2.24) is 0 Å². The standard InChI is InChI=1S/C10H12ClNO3/c11-8-6-7(10(12)14)2-3-9(8)15-5-1-4-13/h2-3,6,13H,1,4-5H2,(H2,12,14). The summed E-state index contributed by atoms with van der Waals surface area (Å²) in [5.41, 5.74) is 5.43. The van der Waals surface area contributed by atoms with Crippen LogP contribution in [0, 0.1) is 0 Å². The molecule has 3 N–H and O–H groups in total. The lowest BCUT2D eigenvalue weighted by Gasteiger charge is -2.07. The van der Waals surface area contributed by atoms with Crippen LogP contribution in [0.15, 0.2) is 18.2 Å². The highest BCUT2D eigenvalue weighted by atomic mass is 35.5. The van der Waals surface area contributed by atoms with E-state index in [2.05, 4.69) is 0 Å². The minimum Gasteiger partial charge on any atom is -0.492 e. The predicted octanol–water partition coefficient (Wildman–Crippen LogP) is 1.20. The van der Waals surface area contributed by atoms with Gasteiger partial charge >= 0.3 is 0 Å². The highest BCUT2D eigenvalue weighted by molar-refractivity contribution is 6.32. The van der Waals surface area contributed by atoms with E-state index in [9.17, 15) is 4.79 Å². The van der Waals surface area contributed by atoms with Gasteiger partial charge < -0.3 is 15.6 Å². The van der Waals surface area contributed by atoms with E-state index in [1.54, 1.807) is 12.1 Å². The molecule has 0 unspecified atom stereocenters. The monoisotopic (exact) mass is 229 g/mol. The first-order chi connectivity index (χ1) is 7.15. The maximum absolute atomic E-state index is 10.8. The lowest BCUT2D eigenvalue weighted by atomic mass is 10.2. The third-order valence-electron chi connectivity index (χ3n) is 1.78. The zero-order valence-corrected chi connectivity index (χ0v) is 8.83. The molecule has 0 saturated heterocycles. The Hall–Kier alpha value is -1.26. The van der Waals surface area contributed by atoms with Gasteiger partial charge in [-0.05, 0) is 18.2 Å². The van der Waals surface area contributed by atoms with Gasteiger partial charge in [-0.15, -0.1) is 0 Å². The number of carbonyl (C=O) groups is 1. The summed E-state index contributed by atoms with van der Waals surface area (Å²) in [6.45, 7) is 0.448. The molecule has 15 heavy (non-hydrogen) atoms. The minimum absolute atomic E-state index is 0.0665. The fraction of sp³-hybridized carbons (Fsp3) is 0.300. The van der Waals surface area contributed by atoms with Gasteiger partial charge in [0.1, 0.15) is 5.75 Å². The van der Waals surface area contributed by atoms with Gasteiger partial charge in [-0.1, -0.05) is 11.6 Å². The van der Waals surface area contributed by atoms with Crippen molar-refractivity contribution in [3.05, 3.63) is 28.8 Å². The molecule has 0 atom stereocenters. The third-order valence-corrected chi connectivity index (χ3v) is 2.07. The number of halogens is 1. The van der Waals surface area contributed by atoms with E-state index in [0.29, 0.717) is 29.4 Å². The number of amides is 1. The van der Waals surface area contributed by atoms with E-state index in [0.717, 1.165) is 0 Å². The minimum atomic E-state index is -0.529. The van der Waals surface area contributed by atoms with Gasteiger partial charge in [0.15, 0.2) is 0 Å². The van der Waals surface area contributed by atoms with Gasteiger partial charge in [0, 0.05) is 18.6 Å². The molecule has 0 aliphatic carbocycles. The van der Waals surface area contributed by atoms with Crippen LogP contribution in [0.3, 0.4) is 0 Å². The Bertz CT molecular complexity index is 355. The van der Waals surface area contributed by atoms with Crippen molar-refractivity contribution in [2.75, 3.05) is 13.2 Å². The zero-order valence-electron chi connectivity index (χ0n) is 8.07. The van der Waals surface area contributed by atoms with Gasteiger partial charge in [0.2, 0.25) is 5.91 Å². The number of carbonyl (C=O) groups excluding carboxylic acids is 1. The summed E-state index contributed by atoms with van der Waals surface area (Å²) in [7, 11) is 0. The number of benzene rings is 1. The zero-order chi connectivity index (χ0) is 11.3. The molecule has 0 radical (unpaired) electrons. The lowest BCUT2D eigenvalue weighted by Crippen LogP contribution is -2.10. The van der Waals surface area contributed by atoms with E-state index in [1.165, 1.54) is 6.07 Å². The molecule has 1 aromatic carbocycles. The molecule has 0 heterocycles. The van der Waals surface area contributed by atoms with Crippen molar-refractivity contribution < 1.29 is 14.6 Å². The molecular formula is C10H12ClNO3. The Morgan fingerprint density at radius 2 is 2.27 bits per heavy atom. The summed E-state index contributed by atoms with van der Waals surface area (Å²) in [5.74, 6) is -0.0473. The molecule has 0 spiro atoms. The van der Waals surface area contributed by atoms with Crippen molar-refractivity contribution in [3.63, 3.8) is 0 Å². The van der Waals surface area contributed by atoms with Crippen LogP contribution in [0.2, 0.25) is 5.02 Å². The Morgan fingerprint density at radius 1 is 1.53 bits per heavy atom. The molecule has 0 aliphatic heterocycles. The largest absolute Gasteiger partial charge is 0.492 e. The summed E-state index contributed by atoms with van der Waals surface area (Å²) in [4.78, 5) is 10.8. The molecule has 0 saturated carbocycles. The van der Waals surface area contributed by atoms with Gasteiger partial charge in [-0.3, -0.25) is 4.79 Å². The normalized spacial score (nSPS) is 10.0. The van der Waals surface area contributed by atoms with Crippen LogP contribution in [0.5, 0.6) is 5.75 Å². The van der Waals surface area contributed by atoms with Crippen LogP contribution in [0.25, 0.3) is 0 Å². The Labute approximate surface area is 92.6 Å². The number of ether oxygens (including phenoxy) is 1. The van der Waals surface area contributed by atoms with Crippen molar-refractivity contribution in [1.29, 1.82) is 0 Å². The molecule has 5 heteroatoms. The number of hydrogen-bond acceptors (Lipinski definition) is 3. The smallest absolute Gasteiger partial charge is 0.248 e. The highest BCUT2D eigenvalue weighted by Crippen LogP contribution is 2.25. The first-order valence-electron chi connectivity index (χ1n) is 4.48. The maximum Gasteiger partial charge on any atom is 0.248 e. The van der Waals surface area contributed by atoms with Crippen molar-refractivity contribution in [2.45, 2.75) is 6.42 Å². The van der Waals surface area contributed by atoms with E-state index < -0.39 is 5.91 Å². The van der Waals surface area contributed by atoms with Crippen LogP contribution < -0.4 is 10.5 Å². The first kappa shape index (κ1) is 11.8. The summed E-state index contributed by atoms with van der Waals surface area (Å²) in [6.07, 6.45) is 0.536. The molecule has 1 amide bonds. The number of hydrogen-bond donors (Lipinski definition) is 2. The second-order valence-electron chi connectivity index (χ2n) is 2.94. The van der Waals surface area contributed by atoms with E-state index >= 15 is 0 Å². The molecule has 4 nitrogen and oxygen atoms in total. The van der Waals surface area contributed by atoms with Crippen LogP contribution in [0.4, 0.5) is 0 Å². The fourth-order valence-corrected chi connectivity index (χ4v) is 1.25. The van der Waals surface area contributed by atoms with Gasteiger partial charge in [-0.2, -0.15) is 0 Å². The summed E-state index contributed by atoms with van der Waals surface area (Å²) >= 11 is 5.86. The molecule has 82 valence electrons. The molecule has 1 aromatic rings. The van der Waals surface area contributed by atoms with Crippen molar-refractivity contribution >= 4 is 17.5 Å². The molecule has 0 fully saturated rings. The molecule has 0 aromatic heterocycles. The second-order valence-corrected chi connectivity index (χ2v) is 3.34. The summed E-state index contributed by atoms with van der Waals surface area (Å²) < 4.78 is 5.27. The third kappa shape index (κ3) is 3.42. The molecular weight excluding hydrogens is 218 g/mol. The van der Waals surface area contributed by atoms with Gasteiger partial charge in [-0.25, -0.2) is 0 Å². The fourth-order valence-electron chi connectivity index (χ4n) is 1.02. The maximum atomic E-state index is 10.8. The summed E-state index contributed by atoms with van der Waals surface area (Å²) in [5, 5.41) is 8.89. The number of aliphatic hydroxyl groups excluding tert-OH is 1. The summed E-state index contributed by atoms with van der Waals surface area (Å²) in [6, 6.07) is 4.58. The van der Waals surface area contributed by atoms with E-state index in [4.69, 9.17) is 27.2 Å². The number of nitrogens with two attached hydrogens (primary N) is 1. The highest BCUT2D eigenvalue weighted by Gasteiger charge is 2.06. The molecule has 1 rings (SSSR count). The second kappa shape index (κ2) is 5.58. The van der Waals surface area contributed by atoms with E-state index in [-0.39, 0.29) is 6.61 Å². The average Bonchev–Trinajstić information content (AvgIpc) is 2.20. The first-order valence-corrected chi connectivity index (χ1v) is 4.86. The van der Waals surface area contributed by atoms with Crippen molar-refractivity contribution in [3.8, 4) is 5.75 Å². The van der Waals surface area contributed by atoms with Crippen LogP contribution >= 0.6 is 11.6 Å².